The highest BCUT2D eigenvalue weighted by atomic mass is 35.5. The molecule has 3 aromatic carbocycles. The molecule has 0 aliphatic carbocycles. The molecule has 0 spiro atoms. The first-order valence-corrected chi connectivity index (χ1v) is 10.8. The molecule has 5 nitrogen and oxygen atoms in total. The van der Waals surface area contributed by atoms with Gasteiger partial charge in [0.1, 0.15) is 5.70 Å². The van der Waals surface area contributed by atoms with Gasteiger partial charge >= 0.3 is 0 Å². The van der Waals surface area contributed by atoms with Crippen molar-refractivity contribution in [2.24, 2.45) is 0 Å². The van der Waals surface area contributed by atoms with Gasteiger partial charge < -0.3 is 10.2 Å². The van der Waals surface area contributed by atoms with Gasteiger partial charge in [-0.05, 0) is 66.1 Å². The van der Waals surface area contributed by atoms with Gasteiger partial charge in [-0.25, -0.2) is 4.90 Å². The van der Waals surface area contributed by atoms with Crippen LogP contribution in [-0.2, 0) is 16.0 Å². The third-order valence-corrected chi connectivity index (χ3v) is 5.72. The molecule has 6 heteroatoms. The number of imide groups is 1. The number of carbonyl (C=O) groups is 2. The molecule has 162 valence electrons. The van der Waals surface area contributed by atoms with Crippen molar-refractivity contribution in [2.75, 3.05) is 29.2 Å². The molecule has 1 aliphatic heterocycles. The summed E-state index contributed by atoms with van der Waals surface area (Å²) in [6.07, 6.45) is 0.924. The second-order valence-electron chi connectivity index (χ2n) is 7.79. The van der Waals surface area contributed by atoms with Crippen LogP contribution in [0.15, 0.2) is 78.5 Å². The number of anilines is 3. The largest absolute Gasteiger partial charge is 0.378 e. The summed E-state index contributed by atoms with van der Waals surface area (Å²) in [6.45, 7) is 2.09. The number of aryl methyl sites for hydroxylation is 1. The van der Waals surface area contributed by atoms with E-state index in [1.807, 2.05) is 55.4 Å². The predicted octanol–water partition coefficient (Wildman–Crippen LogP) is 5.37. The fourth-order valence-corrected chi connectivity index (χ4v) is 3.76. The topological polar surface area (TPSA) is 52.7 Å². The zero-order valence-electron chi connectivity index (χ0n) is 18.2. The van der Waals surface area contributed by atoms with Gasteiger partial charge in [-0.2, -0.15) is 0 Å². The van der Waals surface area contributed by atoms with Crippen molar-refractivity contribution in [3.63, 3.8) is 0 Å². The molecule has 2 amide bonds. The van der Waals surface area contributed by atoms with E-state index >= 15 is 0 Å². The molecular formula is C26H24ClN3O2. The lowest BCUT2D eigenvalue weighted by Gasteiger charge is -2.18. The minimum atomic E-state index is -0.392. The molecule has 0 saturated heterocycles. The number of nitrogens with one attached hydrogen (secondary N) is 1. The van der Waals surface area contributed by atoms with Crippen LogP contribution in [0.4, 0.5) is 17.1 Å². The molecule has 0 saturated carbocycles. The van der Waals surface area contributed by atoms with E-state index < -0.39 is 5.91 Å². The van der Waals surface area contributed by atoms with E-state index in [1.165, 1.54) is 10.5 Å². The van der Waals surface area contributed by atoms with Crippen molar-refractivity contribution in [1.82, 2.24) is 0 Å². The van der Waals surface area contributed by atoms with Gasteiger partial charge in [-0.1, -0.05) is 42.8 Å². The fraction of sp³-hybridized carbons (Fsp3) is 0.154. The van der Waals surface area contributed by atoms with Gasteiger partial charge in [0.15, 0.2) is 0 Å². The van der Waals surface area contributed by atoms with Gasteiger partial charge in [0.25, 0.3) is 11.8 Å². The van der Waals surface area contributed by atoms with Gasteiger partial charge in [0.05, 0.1) is 11.3 Å². The number of benzene rings is 3. The lowest BCUT2D eigenvalue weighted by Crippen LogP contribution is -2.32. The van der Waals surface area contributed by atoms with Crippen molar-refractivity contribution in [3.05, 3.63) is 94.6 Å². The molecule has 3 aromatic rings. The standard InChI is InChI=1S/C26H24ClN3O2/c1-4-17-5-11-20(12-6-17)28-24-23(18-7-9-19(27)10-8-18)25(31)30(26(24)32)22-15-13-21(14-16-22)29(2)3/h5-16,28H,4H2,1-3H3. The van der Waals surface area contributed by atoms with Crippen molar-refractivity contribution in [1.29, 1.82) is 0 Å². The van der Waals surface area contributed by atoms with Crippen LogP contribution in [0.2, 0.25) is 5.02 Å². The quantitative estimate of drug-likeness (QED) is 0.518. The first-order chi connectivity index (χ1) is 15.4. The lowest BCUT2D eigenvalue weighted by atomic mass is 10.0. The second kappa shape index (κ2) is 8.89. The highest BCUT2D eigenvalue weighted by Crippen LogP contribution is 2.34. The van der Waals surface area contributed by atoms with Crippen LogP contribution in [0, 0.1) is 0 Å². The Balaban J connectivity index is 1.76. The summed E-state index contributed by atoms with van der Waals surface area (Å²) >= 11 is 6.05. The Morgan fingerprint density at radius 1 is 0.844 bits per heavy atom. The summed E-state index contributed by atoms with van der Waals surface area (Å²) < 4.78 is 0. The van der Waals surface area contributed by atoms with E-state index in [4.69, 9.17) is 11.6 Å². The van der Waals surface area contributed by atoms with Gasteiger partial charge in [-0.3, -0.25) is 9.59 Å². The molecule has 0 aromatic heterocycles. The summed E-state index contributed by atoms with van der Waals surface area (Å²) in [6, 6.07) is 22.1. The van der Waals surface area contributed by atoms with Crippen LogP contribution < -0.4 is 15.1 Å². The number of rotatable bonds is 6. The third kappa shape index (κ3) is 4.12. The van der Waals surface area contributed by atoms with Crippen LogP contribution in [0.25, 0.3) is 5.57 Å². The number of hydrogen-bond donors (Lipinski definition) is 1. The number of halogens is 1. The van der Waals surface area contributed by atoms with E-state index in [0.717, 1.165) is 17.8 Å². The van der Waals surface area contributed by atoms with E-state index in [9.17, 15) is 9.59 Å². The number of amides is 2. The van der Waals surface area contributed by atoms with Crippen LogP contribution >= 0.6 is 11.6 Å². The Kier molecular flexibility index (Phi) is 6.01. The molecule has 0 radical (unpaired) electrons. The SMILES string of the molecule is CCc1ccc(NC2=C(c3ccc(Cl)cc3)C(=O)N(c3ccc(N(C)C)cc3)C2=O)cc1. The van der Waals surface area contributed by atoms with Gasteiger partial charge in [0.2, 0.25) is 0 Å². The van der Waals surface area contributed by atoms with Crippen molar-refractivity contribution >= 4 is 46.1 Å². The van der Waals surface area contributed by atoms with Crippen LogP contribution in [-0.4, -0.2) is 25.9 Å². The average Bonchev–Trinajstić information content (AvgIpc) is 3.04. The Labute approximate surface area is 192 Å². The molecular weight excluding hydrogens is 422 g/mol. The predicted molar refractivity (Wildman–Crippen MR) is 131 cm³/mol. The van der Waals surface area contributed by atoms with Crippen LogP contribution in [0.3, 0.4) is 0 Å². The number of carbonyl (C=O) groups excluding carboxylic acids is 2. The van der Waals surface area contributed by atoms with Crippen molar-refractivity contribution < 1.29 is 9.59 Å². The number of hydrogen-bond acceptors (Lipinski definition) is 4. The monoisotopic (exact) mass is 445 g/mol. The summed E-state index contributed by atoms with van der Waals surface area (Å²) in [7, 11) is 3.88. The number of nitrogens with zero attached hydrogens (tertiary/aromatic N) is 2. The Morgan fingerprint density at radius 2 is 1.47 bits per heavy atom. The summed E-state index contributed by atoms with van der Waals surface area (Å²) in [5.41, 5.74) is 4.64. The normalized spacial score (nSPS) is 13.7. The summed E-state index contributed by atoms with van der Waals surface area (Å²) in [5.74, 6) is -0.764. The molecule has 1 heterocycles. The van der Waals surface area contributed by atoms with E-state index in [1.54, 1.807) is 36.4 Å². The van der Waals surface area contributed by atoms with Gasteiger partial charge in [-0.15, -0.1) is 0 Å². The van der Waals surface area contributed by atoms with Crippen molar-refractivity contribution in [2.45, 2.75) is 13.3 Å². The van der Waals surface area contributed by atoms with E-state index in [-0.39, 0.29) is 11.6 Å². The molecule has 32 heavy (non-hydrogen) atoms. The lowest BCUT2D eigenvalue weighted by molar-refractivity contribution is -0.120. The zero-order chi connectivity index (χ0) is 22.8. The molecule has 1 aliphatic rings. The zero-order valence-corrected chi connectivity index (χ0v) is 19.0. The van der Waals surface area contributed by atoms with Crippen LogP contribution in [0.1, 0.15) is 18.1 Å². The maximum absolute atomic E-state index is 13.5. The highest BCUT2D eigenvalue weighted by molar-refractivity contribution is 6.46. The van der Waals surface area contributed by atoms with Crippen LogP contribution in [0.5, 0.6) is 0 Å². The minimum Gasteiger partial charge on any atom is -0.378 e. The average molecular weight is 446 g/mol. The maximum Gasteiger partial charge on any atom is 0.282 e. The van der Waals surface area contributed by atoms with E-state index in [2.05, 4.69) is 12.2 Å². The Hall–Kier alpha value is -3.57. The first-order valence-electron chi connectivity index (χ1n) is 10.4. The molecule has 0 unspecified atom stereocenters. The van der Waals surface area contributed by atoms with Crippen molar-refractivity contribution in [3.8, 4) is 0 Å². The summed E-state index contributed by atoms with van der Waals surface area (Å²) in [4.78, 5) is 30.1. The molecule has 1 N–H and O–H groups in total. The second-order valence-corrected chi connectivity index (χ2v) is 8.23. The first kappa shape index (κ1) is 21.7. The highest BCUT2D eigenvalue weighted by Gasteiger charge is 2.40. The minimum absolute atomic E-state index is 0.248. The smallest absolute Gasteiger partial charge is 0.282 e. The molecule has 4 rings (SSSR count). The molecule has 0 bridgehead atoms. The summed E-state index contributed by atoms with van der Waals surface area (Å²) in [5, 5.41) is 3.75. The van der Waals surface area contributed by atoms with E-state index in [0.29, 0.717) is 21.8 Å². The Bertz CT molecular complexity index is 1180. The third-order valence-electron chi connectivity index (χ3n) is 5.47. The Morgan fingerprint density at radius 3 is 2.03 bits per heavy atom. The molecule has 0 atom stereocenters. The maximum atomic E-state index is 13.5. The van der Waals surface area contributed by atoms with Gasteiger partial charge in [0, 0.05) is 30.5 Å². The molecule has 0 fully saturated rings. The fourth-order valence-electron chi connectivity index (χ4n) is 3.63.